The molecule has 0 amide bonds. The highest BCUT2D eigenvalue weighted by Crippen LogP contribution is 2.22. The molecule has 0 saturated carbocycles. The standard InChI is InChI=1S/C36H28Si/c1-5-15-29(16-6-1)31-19-13-25-35(27-31)37(33-21-9-3-10-22-33,34-23-11-4-12-24-34)36-26-14-20-32(28-36)30-17-7-2-8-18-30/h1-28H/i3D,9D,10D,21D,22D. The van der Waals surface area contributed by atoms with E-state index in [1.54, 1.807) is 0 Å². The SMILES string of the molecule is [2H]c1c([2H])c([2H])c([Si](c2ccccc2)(c2cccc(-c3ccccc3)c2)c2cccc(-c3ccccc3)c2)c([2H])c1[2H]. The van der Waals surface area contributed by atoms with Gasteiger partial charge in [0.2, 0.25) is 0 Å². The molecule has 6 aromatic carbocycles. The normalized spacial score (nSPS) is 13.1. The number of rotatable bonds is 6. The highest BCUT2D eigenvalue weighted by atomic mass is 28.3. The lowest BCUT2D eigenvalue weighted by molar-refractivity contribution is 1.61. The van der Waals surface area contributed by atoms with Crippen LogP contribution in [0, 0.1) is 0 Å². The second-order valence-electron chi connectivity index (χ2n) is 9.01. The third-order valence-corrected chi connectivity index (χ3v) is 11.4. The highest BCUT2D eigenvalue weighted by molar-refractivity contribution is 7.20. The zero-order chi connectivity index (χ0) is 29.3. The Balaban J connectivity index is 1.79. The van der Waals surface area contributed by atoms with Crippen molar-refractivity contribution in [1.82, 2.24) is 0 Å². The van der Waals surface area contributed by atoms with Crippen LogP contribution in [0.25, 0.3) is 22.3 Å². The van der Waals surface area contributed by atoms with Gasteiger partial charge in [-0.15, -0.1) is 0 Å². The van der Waals surface area contributed by atoms with Crippen molar-refractivity contribution < 1.29 is 6.85 Å². The van der Waals surface area contributed by atoms with Crippen LogP contribution in [0.15, 0.2) is 170 Å². The van der Waals surface area contributed by atoms with Gasteiger partial charge in [0.15, 0.2) is 8.07 Å². The Labute approximate surface area is 227 Å². The Morgan fingerprint density at radius 1 is 0.351 bits per heavy atom. The molecule has 176 valence electrons. The van der Waals surface area contributed by atoms with Crippen LogP contribution in [0.2, 0.25) is 0 Å². The monoisotopic (exact) mass is 493 g/mol. The lowest BCUT2D eigenvalue weighted by atomic mass is 10.1. The van der Waals surface area contributed by atoms with E-state index in [1.165, 1.54) is 0 Å². The van der Waals surface area contributed by atoms with Gasteiger partial charge in [-0.25, -0.2) is 0 Å². The first-order valence-corrected chi connectivity index (χ1v) is 14.4. The van der Waals surface area contributed by atoms with Gasteiger partial charge in [0.25, 0.3) is 0 Å². The molecule has 0 unspecified atom stereocenters. The van der Waals surface area contributed by atoms with Gasteiger partial charge >= 0.3 is 0 Å². The van der Waals surface area contributed by atoms with Gasteiger partial charge < -0.3 is 0 Å². The second-order valence-corrected chi connectivity index (χ2v) is 12.7. The fourth-order valence-electron chi connectivity index (χ4n) is 5.18. The fourth-order valence-corrected chi connectivity index (χ4v) is 9.68. The van der Waals surface area contributed by atoms with Crippen molar-refractivity contribution in [2.45, 2.75) is 0 Å². The Morgan fingerprint density at radius 2 is 0.757 bits per heavy atom. The summed E-state index contributed by atoms with van der Waals surface area (Å²) in [7, 11) is -3.50. The van der Waals surface area contributed by atoms with Crippen LogP contribution >= 0.6 is 0 Å². The number of benzene rings is 6. The van der Waals surface area contributed by atoms with Crippen molar-refractivity contribution in [2.75, 3.05) is 0 Å². The minimum Gasteiger partial charge on any atom is -0.0623 e. The number of hydrogen-bond acceptors (Lipinski definition) is 0. The maximum absolute atomic E-state index is 9.24. The Hall–Kier alpha value is -4.46. The predicted octanol–water partition coefficient (Wildman–Crippen LogP) is 6.40. The van der Waals surface area contributed by atoms with E-state index in [-0.39, 0.29) is 30.2 Å². The molecule has 1 heteroatoms. The summed E-state index contributed by atoms with van der Waals surface area (Å²) in [5.74, 6) is 0. The summed E-state index contributed by atoms with van der Waals surface area (Å²) in [5, 5.41) is 3.19. The van der Waals surface area contributed by atoms with Crippen LogP contribution in [0.3, 0.4) is 0 Å². The molecule has 0 spiro atoms. The molecule has 0 heterocycles. The maximum atomic E-state index is 9.24. The smallest absolute Gasteiger partial charge is 0.0623 e. The summed E-state index contributed by atoms with van der Waals surface area (Å²) in [5.41, 5.74) is 4.11. The van der Waals surface area contributed by atoms with E-state index in [0.29, 0.717) is 5.19 Å². The Morgan fingerprint density at radius 3 is 1.24 bits per heavy atom. The molecular weight excluding hydrogens is 460 g/mol. The van der Waals surface area contributed by atoms with E-state index in [1.807, 2.05) is 78.9 Å². The molecule has 0 atom stereocenters. The summed E-state index contributed by atoms with van der Waals surface area (Å²) in [6.45, 7) is 0. The van der Waals surface area contributed by atoms with E-state index in [2.05, 4.69) is 60.7 Å². The van der Waals surface area contributed by atoms with Crippen molar-refractivity contribution in [3.8, 4) is 22.3 Å². The molecule has 0 aliphatic rings. The van der Waals surface area contributed by atoms with E-state index in [4.69, 9.17) is 4.11 Å². The molecule has 0 aliphatic heterocycles. The topological polar surface area (TPSA) is 0 Å². The van der Waals surface area contributed by atoms with Crippen molar-refractivity contribution in [3.63, 3.8) is 0 Å². The molecule has 6 aromatic rings. The molecule has 0 N–H and O–H groups in total. The van der Waals surface area contributed by atoms with Crippen LogP contribution in [0.1, 0.15) is 6.85 Å². The van der Waals surface area contributed by atoms with Gasteiger partial charge in [-0.3, -0.25) is 0 Å². The van der Waals surface area contributed by atoms with Gasteiger partial charge in [-0.05, 0) is 43.0 Å². The fraction of sp³-hybridized carbons (Fsp3) is 0. The first kappa shape index (κ1) is 17.9. The average Bonchev–Trinajstić information content (AvgIpc) is 3.06. The predicted molar refractivity (Wildman–Crippen MR) is 161 cm³/mol. The van der Waals surface area contributed by atoms with Crippen molar-refractivity contribution in [1.29, 1.82) is 0 Å². The highest BCUT2D eigenvalue weighted by Gasteiger charge is 2.41. The van der Waals surface area contributed by atoms with E-state index in [9.17, 15) is 2.74 Å². The van der Waals surface area contributed by atoms with Gasteiger partial charge in [0.05, 0.1) is 6.85 Å². The maximum Gasteiger partial charge on any atom is 0.179 e. The quantitative estimate of drug-likeness (QED) is 0.186. The zero-order valence-corrected chi connectivity index (χ0v) is 21.3. The van der Waals surface area contributed by atoms with E-state index in [0.717, 1.165) is 37.8 Å². The van der Waals surface area contributed by atoms with Crippen LogP contribution in [0.5, 0.6) is 0 Å². The summed E-state index contributed by atoms with van der Waals surface area (Å²) < 4.78 is 44.2. The first-order valence-electron chi connectivity index (χ1n) is 14.9. The minimum absolute atomic E-state index is 0.160. The summed E-state index contributed by atoms with van der Waals surface area (Å²) in [6.07, 6.45) is 0. The molecule has 0 bridgehead atoms. The minimum atomic E-state index is -3.50. The van der Waals surface area contributed by atoms with Crippen LogP contribution in [0.4, 0.5) is 0 Å². The lowest BCUT2D eigenvalue weighted by Gasteiger charge is -2.35. The van der Waals surface area contributed by atoms with Gasteiger partial charge in [-0.2, -0.15) is 0 Å². The van der Waals surface area contributed by atoms with Gasteiger partial charge in [0.1, 0.15) is 0 Å². The molecule has 0 radical (unpaired) electrons. The number of hydrogen-bond donors (Lipinski definition) is 0. The Bertz CT molecular complexity index is 1760. The molecule has 6 rings (SSSR count). The van der Waals surface area contributed by atoms with Crippen molar-refractivity contribution in [2.24, 2.45) is 0 Å². The molecule has 37 heavy (non-hydrogen) atoms. The largest absolute Gasteiger partial charge is 0.179 e. The molecule has 0 aliphatic carbocycles. The Kier molecular flexibility index (Phi) is 4.96. The van der Waals surface area contributed by atoms with Crippen LogP contribution < -0.4 is 20.7 Å². The summed E-state index contributed by atoms with van der Waals surface area (Å²) >= 11 is 0. The van der Waals surface area contributed by atoms with Crippen LogP contribution in [-0.4, -0.2) is 8.07 Å². The third-order valence-electron chi connectivity index (χ3n) is 6.89. The second kappa shape index (κ2) is 10.3. The van der Waals surface area contributed by atoms with Crippen molar-refractivity contribution >= 4 is 28.8 Å². The van der Waals surface area contributed by atoms with Gasteiger partial charge in [0, 0.05) is 0 Å². The zero-order valence-electron chi connectivity index (χ0n) is 25.3. The summed E-state index contributed by atoms with van der Waals surface area (Å²) in [6, 6.07) is 45.4. The molecule has 0 aromatic heterocycles. The lowest BCUT2D eigenvalue weighted by Crippen LogP contribution is -2.74. The third kappa shape index (κ3) is 4.35. The molecular formula is C36H28Si. The molecule has 0 fully saturated rings. The first-order chi connectivity index (χ1) is 20.4. The summed E-state index contributed by atoms with van der Waals surface area (Å²) in [4.78, 5) is 0. The molecule has 0 saturated heterocycles. The van der Waals surface area contributed by atoms with E-state index < -0.39 is 8.07 Å². The van der Waals surface area contributed by atoms with Crippen LogP contribution in [-0.2, 0) is 0 Å². The molecule has 0 nitrogen and oxygen atoms in total. The van der Waals surface area contributed by atoms with Gasteiger partial charge in [-0.1, -0.05) is 170 Å². The average molecular weight is 494 g/mol. The van der Waals surface area contributed by atoms with Crippen molar-refractivity contribution in [3.05, 3.63) is 170 Å². The van der Waals surface area contributed by atoms with E-state index >= 15 is 0 Å².